The number of ether oxygens (including phenoxy) is 3. The average Bonchev–Trinajstić information content (AvgIpc) is 2.95. The van der Waals surface area contributed by atoms with Crippen LogP contribution in [-0.4, -0.2) is 54.6 Å². The van der Waals surface area contributed by atoms with Crippen molar-refractivity contribution >= 4 is 17.5 Å². The summed E-state index contributed by atoms with van der Waals surface area (Å²) in [5.41, 5.74) is 4.64. The van der Waals surface area contributed by atoms with E-state index in [1.165, 1.54) is 0 Å². The number of aromatic nitrogens is 2. The molecule has 0 spiro atoms. The molecule has 1 fully saturated rings. The lowest BCUT2D eigenvalue weighted by Gasteiger charge is -2.31. The van der Waals surface area contributed by atoms with E-state index in [1.54, 1.807) is 37.6 Å². The Kier molecular flexibility index (Phi) is 6.37. The molecule has 2 aromatic carbocycles. The Labute approximate surface area is 223 Å². The van der Waals surface area contributed by atoms with Crippen LogP contribution in [0.5, 0.6) is 17.2 Å². The number of hydrogen-bond acceptors (Lipinski definition) is 7. The Bertz CT molecular complexity index is 1590. The van der Waals surface area contributed by atoms with Crippen LogP contribution in [0, 0.1) is 0 Å². The highest BCUT2D eigenvalue weighted by atomic mass is 16.5. The SMILES string of the molecule is COc1ccc(C2c3cc(NC(=O)O)ccc3Oc3c2ccnc3-c2cc(N3CCOCC3)cc(=O)[nH]2)cc1. The summed E-state index contributed by atoms with van der Waals surface area (Å²) >= 11 is 0. The van der Waals surface area contributed by atoms with Gasteiger partial charge in [0.1, 0.15) is 17.2 Å². The lowest BCUT2D eigenvalue weighted by Crippen LogP contribution is -2.36. The number of amides is 1. The van der Waals surface area contributed by atoms with Crippen LogP contribution in [0.3, 0.4) is 0 Å². The van der Waals surface area contributed by atoms with Crippen LogP contribution in [0.25, 0.3) is 11.4 Å². The standard InChI is InChI=1S/C29H26N4O6/c1-37-20-5-2-17(3-6-20)26-21-8-9-30-27(23-15-19(16-25(34)32-23)33-10-12-38-13-11-33)28(21)39-24-7-4-18(14-22(24)26)31-29(35)36/h2-9,14-16,26,31H,10-13H2,1H3,(H,32,34)(H,35,36). The fourth-order valence-corrected chi connectivity index (χ4v) is 5.15. The lowest BCUT2D eigenvalue weighted by molar-refractivity contribution is 0.122. The van der Waals surface area contributed by atoms with E-state index in [0.29, 0.717) is 54.9 Å². The first-order valence-electron chi connectivity index (χ1n) is 12.5. The van der Waals surface area contributed by atoms with Gasteiger partial charge in [0.25, 0.3) is 5.56 Å². The molecule has 6 rings (SSSR count). The van der Waals surface area contributed by atoms with Gasteiger partial charge in [-0.05, 0) is 48.0 Å². The molecule has 2 aliphatic rings. The average molecular weight is 527 g/mol. The molecule has 0 bridgehead atoms. The number of fused-ring (bicyclic) bond motifs is 2. The van der Waals surface area contributed by atoms with E-state index in [-0.39, 0.29) is 11.5 Å². The van der Waals surface area contributed by atoms with E-state index in [0.717, 1.165) is 28.1 Å². The highest BCUT2D eigenvalue weighted by molar-refractivity contribution is 5.83. The minimum absolute atomic E-state index is 0.235. The van der Waals surface area contributed by atoms with Crippen molar-refractivity contribution in [3.8, 4) is 28.6 Å². The van der Waals surface area contributed by atoms with Gasteiger partial charge < -0.3 is 29.2 Å². The number of benzene rings is 2. The van der Waals surface area contributed by atoms with Crippen LogP contribution in [-0.2, 0) is 4.74 Å². The van der Waals surface area contributed by atoms with Crippen molar-refractivity contribution in [3.05, 3.63) is 93.9 Å². The first-order chi connectivity index (χ1) is 19.0. The number of aromatic amines is 1. The first kappa shape index (κ1) is 24.5. The van der Waals surface area contributed by atoms with Gasteiger partial charge in [-0.25, -0.2) is 4.79 Å². The van der Waals surface area contributed by atoms with Gasteiger partial charge in [0.2, 0.25) is 0 Å². The molecular weight excluding hydrogens is 500 g/mol. The van der Waals surface area contributed by atoms with Crippen molar-refractivity contribution < 1.29 is 24.1 Å². The number of pyridine rings is 2. The molecule has 4 heterocycles. The predicted octanol–water partition coefficient (Wildman–Crippen LogP) is 4.66. The van der Waals surface area contributed by atoms with Gasteiger partial charge in [0.05, 0.1) is 26.0 Å². The van der Waals surface area contributed by atoms with E-state index in [4.69, 9.17) is 14.2 Å². The summed E-state index contributed by atoms with van der Waals surface area (Å²) in [5.74, 6) is 1.53. The Balaban J connectivity index is 1.50. The third kappa shape index (κ3) is 4.77. The number of carbonyl (C=O) groups is 1. The summed E-state index contributed by atoms with van der Waals surface area (Å²) in [6.45, 7) is 2.59. The number of nitrogens with one attached hydrogen (secondary N) is 2. The molecule has 1 atom stereocenters. The Morgan fingerprint density at radius 1 is 1.08 bits per heavy atom. The van der Waals surface area contributed by atoms with E-state index in [9.17, 15) is 14.7 Å². The van der Waals surface area contributed by atoms with Crippen LogP contribution in [0.15, 0.2) is 71.7 Å². The smallest absolute Gasteiger partial charge is 0.409 e. The predicted molar refractivity (Wildman–Crippen MR) is 145 cm³/mol. The van der Waals surface area contributed by atoms with Crippen molar-refractivity contribution in [2.45, 2.75) is 5.92 Å². The molecule has 39 heavy (non-hydrogen) atoms. The molecule has 10 nitrogen and oxygen atoms in total. The van der Waals surface area contributed by atoms with Crippen LogP contribution in [0.1, 0.15) is 22.6 Å². The van der Waals surface area contributed by atoms with Crippen LogP contribution in [0.2, 0.25) is 0 Å². The van der Waals surface area contributed by atoms with E-state index < -0.39 is 6.09 Å². The quantitative estimate of drug-likeness (QED) is 0.302. The Morgan fingerprint density at radius 2 is 1.87 bits per heavy atom. The molecular formula is C29H26N4O6. The zero-order valence-corrected chi connectivity index (χ0v) is 21.1. The molecule has 2 aliphatic heterocycles. The van der Waals surface area contributed by atoms with E-state index >= 15 is 0 Å². The molecule has 0 saturated carbocycles. The summed E-state index contributed by atoms with van der Waals surface area (Å²) < 4.78 is 17.2. The molecule has 10 heteroatoms. The lowest BCUT2D eigenvalue weighted by atomic mass is 9.82. The van der Waals surface area contributed by atoms with Crippen LogP contribution in [0.4, 0.5) is 16.2 Å². The summed E-state index contributed by atoms with van der Waals surface area (Å²) in [6.07, 6.45) is 0.543. The van der Waals surface area contributed by atoms with Crippen molar-refractivity contribution in [1.29, 1.82) is 0 Å². The van der Waals surface area contributed by atoms with Crippen LogP contribution < -0.4 is 25.2 Å². The second-order valence-corrected chi connectivity index (χ2v) is 9.28. The number of hydrogen-bond donors (Lipinski definition) is 3. The number of H-pyrrole nitrogens is 1. The van der Waals surface area contributed by atoms with E-state index in [2.05, 4.69) is 20.2 Å². The minimum atomic E-state index is -1.15. The molecule has 0 radical (unpaired) electrons. The van der Waals surface area contributed by atoms with Gasteiger partial charge in [-0.1, -0.05) is 12.1 Å². The Morgan fingerprint density at radius 3 is 2.62 bits per heavy atom. The second kappa shape index (κ2) is 10.1. The second-order valence-electron chi connectivity index (χ2n) is 9.28. The highest BCUT2D eigenvalue weighted by Crippen LogP contribution is 2.50. The first-order valence-corrected chi connectivity index (χ1v) is 12.5. The van der Waals surface area contributed by atoms with Crippen molar-refractivity contribution in [2.75, 3.05) is 43.6 Å². The normalized spacial score (nSPS) is 16.0. The van der Waals surface area contributed by atoms with Gasteiger partial charge in [0.15, 0.2) is 5.75 Å². The molecule has 4 aromatic rings. The van der Waals surface area contributed by atoms with Crippen molar-refractivity contribution in [2.24, 2.45) is 0 Å². The summed E-state index contributed by atoms with van der Waals surface area (Å²) in [6, 6.07) is 18.3. The van der Waals surface area contributed by atoms with Crippen LogP contribution >= 0.6 is 0 Å². The fraction of sp³-hybridized carbons (Fsp3) is 0.207. The third-order valence-electron chi connectivity index (χ3n) is 6.94. The molecule has 2 aromatic heterocycles. The molecule has 1 saturated heterocycles. The minimum Gasteiger partial charge on any atom is -0.497 e. The maximum atomic E-state index is 12.7. The fourth-order valence-electron chi connectivity index (χ4n) is 5.15. The number of anilines is 2. The largest absolute Gasteiger partial charge is 0.497 e. The zero-order valence-electron chi connectivity index (χ0n) is 21.1. The van der Waals surface area contributed by atoms with Crippen molar-refractivity contribution in [1.82, 2.24) is 9.97 Å². The molecule has 0 aliphatic carbocycles. The zero-order chi connectivity index (χ0) is 26.9. The number of carboxylic acid groups (broad SMARTS) is 1. The third-order valence-corrected chi connectivity index (χ3v) is 6.94. The highest BCUT2D eigenvalue weighted by Gasteiger charge is 2.32. The monoisotopic (exact) mass is 526 g/mol. The topological polar surface area (TPSA) is 126 Å². The van der Waals surface area contributed by atoms with Crippen molar-refractivity contribution in [3.63, 3.8) is 0 Å². The van der Waals surface area contributed by atoms with Gasteiger partial charge in [-0.15, -0.1) is 0 Å². The van der Waals surface area contributed by atoms with Gasteiger partial charge >= 0.3 is 6.09 Å². The van der Waals surface area contributed by atoms with Gasteiger partial charge in [0, 0.05) is 53.8 Å². The summed E-state index contributed by atoms with van der Waals surface area (Å²) in [7, 11) is 1.61. The van der Waals surface area contributed by atoms with Gasteiger partial charge in [-0.2, -0.15) is 0 Å². The summed E-state index contributed by atoms with van der Waals surface area (Å²) in [5, 5.41) is 11.7. The molecule has 1 amide bonds. The summed E-state index contributed by atoms with van der Waals surface area (Å²) in [4.78, 5) is 33.7. The molecule has 1 unspecified atom stereocenters. The number of methoxy groups -OCH3 is 1. The maximum Gasteiger partial charge on any atom is 0.409 e. The Hall–Kier alpha value is -4.83. The van der Waals surface area contributed by atoms with E-state index in [1.807, 2.05) is 36.4 Å². The maximum absolute atomic E-state index is 12.7. The molecule has 3 N–H and O–H groups in total. The number of nitrogens with zero attached hydrogens (tertiary/aromatic N) is 2. The number of morpholine rings is 1. The molecule has 198 valence electrons. The van der Waals surface area contributed by atoms with Gasteiger partial charge in [-0.3, -0.25) is 15.1 Å². The number of rotatable bonds is 5.